The fraction of sp³-hybridized carbons (Fsp3) is 0.417. The molecule has 3 heterocycles. The minimum atomic E-state index is -3.51. The lowest BCUT2D eigenvalue weighted by molar-refractivity contribution is 0.0315. The molecule has 0 saturated carbocycles. The SMILES string of the molecule is O=S(=O)(c1cccc(-c2nnc(SC[C@H]3CCCCO3)n2-c2ccccc2)c1)N1CCCC1. The Labute approximate surface area is 199 Å². The third-order valence-corrected chi connectivity index (χ3v) is 9.07. The number of hydrogen-bond donors (Lipinski definition) is 0. The molecule has 1 atom stereocenters. The van der Waals surface area contributed by atoms with Gasteiger partial charge in [-0.1, -0.05) is 42.1 Å². The first-order chi connectivity index (χ1) is 16.1. The van der Waals surface area contributed by atoms with Crippen molar-refractivity contribution in [2.45, 2.75) is 48.3 Å². The summed E-state index contributed by atoms with van der Waals surface area (Å²) in [6.07, 6.45) is 5.43. The lowest BCUT2D eigenvalue weighted by Crippen LogP contribution is -2.27. The summed E-state index contributed by atoms with van der Waals surface area (Å²) in [6, 6.07) is 17.0. The van der Waals surface area contributed by atoms with Crippen LogP contribution in [0.1, 0.15) is 32.1 Å². The monoisotopic (exact) mass is 484 g/mol. The fourth-order valence-electron chi connectivity index (χ4n) is 4.34. The Bertz CT molecular complexity index is 1190. The van der Waals surface area contributed by atoms with E-state index in [1.807, 2.05) is 41.0 Å². The summed E-state index contributed by atoms with van der Waals surface area (Å²) in [5, 5.41) is 9.75. The third-order valence-electron chi connectivity index (χ3n) is 6.12. The second-order valence-corrected chi connectivity index (χ2v) is 11.3. The molecule has 0 unspecified atom stereocenters. The third kappa shape index (κ3) is 4.87. The molecule has 3 aromatic rings. The van der Waals surface area contributed by atoms with Crippen molar-refractivity contribution in [2.24, 2.45) is 0 Å². The number of hydrogen-bond acceptors (Lipinski definition) is 6. The summed E-state index contributed by atoms with van der Waals surface area (Å²) < 4.78 is 35.7. The van der Waals surface area contributed by atoms with Gasteiger partial charge in [-0.05, 0) is 56.4 Å². The van der Waals surface area contributed by atoms with Gasteiger partial charge >= 0.3 is 0 Å². The van der Waals surface area contributed by atoms with Crippen molar-refractivity contribution in [3.8, 4) is 17.1 Å². The van der Waals surface area contributed by atoms with Gasteiger partial charge in [-0.15, -0.1) is 10.2 Å². The Balaban J connectivity index is 1.49. The van der Waals surface area contributed by atoms with Crippen LogP contribution in [0.15, 0.2) is 64.6 Å². The van der Waals surface area contributed by atoms with Crippen molar-refractivity contribution >= 4 is 21.8 Å². The largest absolute Gasteiger partial charge is 0.377 e. The van der Waals surface area contributed by atoms with E-state index in [1.54, 1.807) is 34.3 Å². The van der Waals surface area contributed by atoms with Crippen molar-refractivity contribution in [1.82, 2.24) is 19.1 Å². The van der Waals surface area contributed by atoms with Crippen LogP contribution in [-0.2, 0) is 14.8 Å². The van der Waals surface area contributed by atoms with Gasteiger partial charge in [0.2, 0.25) is 10.0 Å². The lowest BCUT2D eigenvalue weighted by atomic mass is 10.1. The van der Waals surface area contributed by atoms with Crippen molar-refractivity contribution in [3.63, 3.8) is 0 Å². The molecule has 33 heavy (non-hydrogen) atoms. The molecule has 0 spiro atoms. The van der Waals surface area contributed by atoms with Crippen molar-refractivity contribution < 1.29 is 13.2 Å². The van der Waals surface area contributed by atoms with Crippen LogP contribution in [0.5, 0.6) is 0 Å². The molecule has 5 rings (SSSR count). The number of rotatable bonds is 7. The van der Waals surface area contributed by atoms with E-state index in [2.05, 4.69) is 10.2 Å². The lowest BCUT2D eigenvalue weighted by Gasteiger charge is -2.22. The minimum absolute atomic E-state index is 0.224. The zero-order valence-corrected chi connectivity index (χ0v) is 20.1. The number of benzene rings is 2. The number of aromatic nitrogens is 3. The van der Waals surface area contributed by atoms with Gasteiger partial charge in [-0.2, -0.15) is 4.31 Å². The Hall–Kier alpha value is -2.20. The van der Waals surface area contributed by atoms with E-state index in [4.69, 9.17) is 4.74 Å². The zero-order chi connectivity index (χ0) is 22.7. The minimum Gasteiger partial charge on any atom is -0.377 e. The van der Waals surface area contributed by atoms with Crippen LogP contribution in [0, 0.1) is 0 Å². The maximum Gasteiger partial charge on any atom is 0.243 e. The van der Waals surface area contributed by atoms with Gasteiger partial charge in [0.25, 0.3) is 0 Å². The van der Waals surface area contributed by atoms with E-state index < -0.39 is 10.0 Å². The molecular weight excluding hydrogens is 456 g/mol. The number of nitrogens with zero attached hydrogens (tertiary/aromatic N) is 4. The molecule has 2 aliphatic rings. The molecule has 1 aromatic heterocycles. The van der Waals surface area contributed by atoms with Crippen molar-refractivity contribution in [1.29, 1.82) is 0 Å². The first kappa shape index (κ1) is 22.6. The average Bonchev–Trinajstić information content (AvgIpc) is 3.55. The molecule has 2 saturated heterocycles. The topological polar surface area (TPSA) is 77.3 Å². The van der Waals surface area contributed by atoms with E-state index in [9.17, 15) is 8.42 Å². The zero-order valence-electron chi connectivity index (χ0n) is 18.5. The second kappa shape index (κ2) is 9.97. The van der Waals surface area contributed by atoms with Crippen molar-refractivity contribution in [2.75, 3.05) is 25.4 Å². The molecule has 0 amide bonds. The Morgan fingerprint density at radius 2 is 1.79 bits per heavy atom. The summed E-state index contributed by atoms with van der Waals surface area (Å²) in [7, 11) is -3.51. The van der Waals surface area contributed by atoms with E-state index in [0.717, 1.165) is 54.5 Å². The molecule has 7 nitrogen and oxygen atoms in total. The Morgan fingerprint density at radius 1 is 0.970 bits per heavy atom. The average molecular weight is 485 g/mol. The molecule has 174 valence electrons. The molecule has 0 radical (unpaired) electrons. The molecule has 9 heteroatoms. The Morgan fingerprint density at radius 3 is 2.55 bits per heavy atom. The van der Waals surface area contributed by atoms with Crippen molar-refractivity contribution in [3.05, 3.63) is 54.6 Å². The summed E-state index contributed by atoms with van der Waals surface area (Å²) in [6.45, 7) is 1.98. The quantitative estimate of drug-likeness (QED) is 0.463. The van der Waals surface area contributed by atoms with Crippen LogP contribution < -0.4 is 0 Å². The molecular formula is C24H28N4O3S2. The van der Waals surface area contributed by atoms with Crippen LogP contribution in [0.3, 0.4) is 0 Å². The van der Waals surface area contributed by atoms with Crippen LogP contribution in [0.25, 0.3) is 17.1 Å². The van der Waals surface area contributed by atoms with Gasteiger partial charge < -0.3 is 4.74 Å². The molecule has 0 bridgehead atoms. The predicted molar refractivity (Wildman–Crippen MR) is 129 cm³/mol. The maximum atomic E-state index is 13.1. The van der Waals surface area contributed by atoms with E-state index >= 15 is 0 Å². The smallest absolute Gasteiger partial charge is 0.243 e. The Kier molecular flexibility index (Phi) is 6.82. The first-order valence-corrected chi connectivity index (χ1v) is 13.9. The first-order valence-electron chi connectivity index (χ1n) is 11.5. The standard InChI is InChI=1S/C24H28N4O3S2/c29-33(30,27-14-5-6-15-27)22-13-8-9-19(17-22)23-25-26-24(28(23)20-10-2-1-3-11-20)32-18-21-12-4-7-16-31-21/h1-3,8-11,13,17,21H,4-7,12,14-16,18H2/t21-/m1/s1. The normalized spacial score (nSPS) is 19.7. The van der Waals surface area contributed by atoms with E-state index in [-0.39, 0.29) is 6.10 Å². The van der Waals surface area contributed by atoms with E-state index in [0.29, 0.717) is 23.8 Å². The van der Waals surface area contributed by atoms with Crippen LogP contribution in [0.4, 0.5) is 0 Å². The van der Waals surface area contributed by atoms with Gasteiger partial charge in [0.15, 0.2) is 11.0 Å². The molecule has 2 aromatic carbocycles. The predicted octanol–water partition coefficient (Wildman–Crippen LogP) is 4.38. The van der Waals surface area contributed by atoms with Crippen LogP contribution >= 0.6 is 11.8 Å². The highest BCUT2D eigenvalue weighted by molar-refractivity contribution is 7.99. The fourth-order valence-corrected chi connectivity index (χ4v) is 6.92. The van der Waals surface area contributed by atoms with Crippen LogP contribution in [-0.4, -0.2) is 59.0 Å². The summed E-state index contributed by atoms with van der Waals surface area (Å²) in [5.74, 6) is 1.45. The number of ether oxygens (including phenoxy) is 1. The van der Waals surface area contributed by atoms with Gasteiger partial charge in [0, 0.05) is 36.7 Å². The van der Waals surface area contributed by atoms with Gasteiger partial charge in [-0.25, -0.2) is 8.42 Å². The summed E-state index contributed by atoms with van der Waals surface area (Å²) in [4.78, 5) is 0.300. The van der Waals surface area contributed by atoms with E-state index in [1.165, 1.54) is 6.42 Å². The number of para-hydroxylation sites is 1. The number of sulfonamides is 1. The van der Waals surface area contributed by atoms with Crippen LogP contribution in [0.2, 0.25) is 0 Å². The number of thioether (sulfide) groups is 1. The highest BCUT2D eigenvalue weighted by Gasteiger charge is 2.28. The molecule has 2 fully saturated rings. The van der Waals surface area contributed by atoms with Gasteiger partial charge in [0.1, 0.15) is 0 Å². The highest BCUT2D eigenvalue weighted by atomic mass is 32.2. The summed E-state index contributed by atoms with van der Waals surface area (Å²) >= 11 is 1.63. The molecule has 0 aliphatic carbocycles. The maximum absolute atomic E-state index is 13.1. The second-order valence-electron chi connectivity index (χ2n) is 8.42. The summed E-state index contributed by atoms with van der Waals surface area (Å²) in [5.41, 5.74) is 1.67. The molecule has 2 aliphatic heterocycles. The van der Waals surface area contributed by atoms with Gasteiger partial charge in [-0.3, -0.25) is 4.57 Å². The molecule has 0 N–H and O–H groups in total. The van der Waals surface area contributed by atoms with Gasteiger partial charge in [0.05, 0.1) is 11.0 Å². The highest BCUT2D eigenvalue weighted by Crippen LogP contribution is 2.31.